The Morgan fingerprint density at radius 1 is 1.07 bits per heavy atom. The maximum Gasteiger partial charge on any atom is 0.0157 e. The van der Waals surface area contributed by atoms with Gasteiger partial charge < -0.3 is 4.90 Å². The highest BCUT2D eigenvalue weighted by molar-refractivity contribution is 5.81. The molecule has 0 radical (unpaired) electrons. The van der Waals surface area contributed by atoms with Crippen molar-refractivity contribution in [2.45, 2.75) is 12.8 Å². The molecule has 0 spiro atoms. The lowest BCUT2D eigenvalue weighted by molar-refractivity contribution is 0.949. The quantitative estimate of drug-likeness (QED) is 0.615. The highest BCUT2D eigenvalue weighted by Crippen LogP contribution is 2.34. The predicted molar refractivity (Wildman–Crippen MR) is 60.1 cm³/mol. The van der Waals surface area contributed by atoms with E-state index in [4.69, 9.17) is 0 Å². The summed E-state index contributed by atoms with van der Waals surface area (Å²) in [5.74, 6) is 0. The standard InChI is InChI=1S/C13H14N/c1-2-10-14(9-1)13-8-4-6-11-5-3-7-12(11)13/h3-8H,1-2,9-10H2/q-1. The predicted octanol–water partition coefficient (Wildman–Crippen LogP) is 3.11. The van der Waals surface area contributed by atoms with Crippen molar-refractivity contribution in [3.63, 3.8) is 0 Å². The summed E-state index contributed by atoms with van der Waals surface area (Å²) in [7, 11) is 0. The van der Waals surface area contributed by atoms with Crippen LogP contribution in [0.5, 0.6) is 0 Å². The normalized spacial score (nSPS) is 16.7. The Morgan fingerprint density at radius 3 is 2.79 bits per heavy atom. The van der Waals surface area contributed by atoms with Gasteiger partial charge >= 0.3 is 0 Å². The summed E-state index contributed by atoms with van der Waals surface area (Å²) in [6, 6.07) is 13.2. The molecule has 3 rings (SSSR count). The molecule has 1 nitrogen and oxygen atoms in total. The van der Waals surface area contributed by atoms with Gasteiger partial charge in [-0.25, -0.2) is 0 Å². The van der Waals surface area contributed by atoms with Crippen molar-refractivity contribution in [2.24, 2.45) is 0 Å². The molecule has 0 unspecified atom stereocenters. The first-order valence-corrected chi connectivity index (χ1v) is 5.34. The third-order valence-electron chi connectivity index (χ3n) is 3.10. The monoisotopic (exact) mass is 184 g/mol. The van der Waals surface area contributed by atoms with Crippen molar-refractivity contribution in [1.82, 2.24) is 0 Å². The van der Waals surface area contributed by atoms with E-state index in [1.165, 1.54) is 42.7 Å². The summed E-state index contributed by atoms with van der Waals surface area (Å²) in [4.78, 5) is 2.50. The molecule has 0 amide bonds. The fraction of sp³-hybridized carbons (Fsp3) is 0.308. The molecule has 0 atom stereocenters. The smallest absolute Gasteiger partial charge is 0.0157 e. The summed E-state index contributed by atoms with van der Waals surface area (Å²) in [5.41, 5.74) is 4.20. The highest BCUT2D eigenvalue weighted by Gasteiger charge is 2.11. The molecule has 0 bridgehead atoms. The molecule has 14 heavy (non-hydrogen) atoms. The van der Waals surface area contributed by atoms with Gasteiger partial charge in [0.1, 0.15) is 0 Å². The van der Waals surface area contributed by atoms with Crippen LogP contribution in [0.25, 0.3) is 11.1 Å². The van der Waals surface area contributed by atoms with Crippen LogP contribution in [-0.4, -0.2) is 13.1 Å². The molecule has 0 aromatic heterocycles. The zero-order chi connectivity index (χ0) is 9.38. The minimum atomic E-state index is 1.23. The average Bonchev–Trinajstić information content (AvgIpc) is 2.88. The Morgan fingerprint density at radius 2 is 1.93 bits per heavy atom. The van der Waals surface area contributed by atoms with Crippen LogP contribution in [0.2, 0.25) is 0 Å². The Bertz CT molecular complexity index is 396. The molecule has 1 fully saturated rings. The van der Waals surface area contributed by atoms with Crippen molar-refractivity contribution in [3.05, 3.63) is 36.4 Å². The van der Waals surface area contributed by atoms with Crippen molar-refractivity contribution in [1.29, 1.82) is 0 Å². The fourth-order valence-electron chi connectivity index (χ4n) is 2.38. The van der Waals surface area contributed by atoms with Crippen LogP contribution in [0.15, 0.2) is 36.4 Å². The summed E-state index contributed by atoms with van der Waals surface area (Å²) in [6.07, 6.45) is 2.69. The van der Waals surface area contributed by atoms with E-state index in [-0.39, 0.29) is 0 Å². The lowest BCUT2D eigenvalue weighted by Gasteiger charge is -2.26. The van der Waals surface area contributed by atoms with Gasteiger partial charge in [0.15, 0.2) is 0 Å². The molecule has 1 heterocycles. The molecule has 0 aromatic rings. The SMILES string of the molecule is c1cc2cc[cH-]c(N3CCCC3)c-2c1. The van der Waals surface area contributed by atoms with Crippen molar-refractivity contribution in [3.8, 4) is 11.1 Å². The summed E-state index contributed by atoms with van der Waals surface area (Å²) in [5, 5.41) is 0. The topological polar surface area (TPSA) is 3.24 Å². The first-order valence-electron chi connectivity index (χ1n) is 5.34. The van der Waals surface area contributed by atoms with Gasteiger partial charge in [0, 0.05) is 13.1 Å². The van der Waals surface area contributed by atoms with Gasteiger partial charge in [0.05, 0.1) is 0 Å². The van der Waals surface area contributed by atoms with Crippen LogP contribution >= 0.6 is 0 Å². The van der Waals surface area contributed by atoms with Crippen LogP contribution in [0.1, 0.15) is 12.8 Å². The minimum Gasteiger partial charge on any atom is -0.393 e. The molecule has 2 aliphatic carbocycles. The van der Waals surface area contributed by atoms with E-state index in [1.807, 2.05) is 0 Å². The maximum absolute atomic E-state index is 2.50. The largest absolute Gasteiger partial charge is 0.393 e. The Hall–Kier alpha value is -1.37. The number of anilines is 1. The zero-order valence-corrected chi connectivity index (χ0v) is 8.24. The van der Waals surface area contributed by atoms with E-state index < -0.39 is 0 Å². The molecular formula is C13H14N-. The fourth-order valence-corrected chi connectivity index (χ4v) is 2.38. The second kappa shape index (κ2) is 3.09. The Balaban J connectivity index is 2.08. The number of hydrogen-bond acceptors (Lipinski definition) is 1. The summed E-state index contributed by atoms with van der Waals surface area (Å²) < 4.78 is 0. The highest BCUT2D eigenvalue weighted by atomic mass is 15.1. The van der Waals surface area contributed by atoms with Crippen LogP contribution in [0, 0.1) is 0 Å². The van der Waals surface area contributed by atoms with E-state index in [0.29, 0.717) is 0 Å². The second-order valence-corrected chi connectivity index (χ2v) is 4.00. The minimum absolute atomic E-state index is 1.23. The zero-order valence-electron chi connectivity index (χ0n) is 8.24. The third-order valence-corrected chi connectivity index (χ3v) is 3.10. The van der Waals surface area contributed by atoms with Crippen LogP contribution < -0.4 is 4.90 Å². The molecule has 1 aliphatic heterocycles. The van der Waals surface area contributed by atoms with Gasteiger partial charge in [-0.15, -0.1) is 23.3 Å². The van der Waals surface area contributed by atoms with E-state index >= 15 is 0 Å². The lowest BCUT2D eigenvalue weighted by Crippen LogP contribution is -2.18. The third kappa shape index (κ3) is 1.12. The molecular weight excluding hydrogens is 170 g/mol. The molecule has 72 valence electrons. The van der Waals surface area contributed by atoms with E-state index in [0.717, 1.165) is 0 Å². The maximum atomic E-state index is 2.50. The van der Waals surface area contributed by atoms with Crippen LogP contribution in [0.4, 0.5) is 5.69 Å². The number of fused-ring (bicyclic) bond motifs is 1. The van der Waals surface area contributed by atoms with Gasteiger partial charge in [-0.3, -0.25) is 0 Å². The molecule has 3 aliphatic rings. The van der Waals surface area contributed by atoms with Gasteiger partial charge in [-0.2, -0.15) is 12.1 Å². The van der Waals surface area contributed by atoms with Crippen molar-refractivity contribution < 1.29 is 0 Å². The van der Waals surface area contributed by atoms with E-state index in [1.54, 1.807) is 0 Å². The number of rotatable bonds is 1. The average molecular weight is 184 g/mol. The van der Waals surface area contributed by atoms with Crippen molar-refractivity contribution in [2.75, 3.05) is 18.0 Å². The van der Waals surface area contributed by atoms with Crippen molar-refractivity contribution >= 4 is 5.69 Å². The molecule has 0 aromatic carbocycles. The Labute approximate surface area is 84.7 Å². The van der Waals surface area contributed by atoms with Crippen LogP contribution in [-0.2, 0) is 0 Å². The molecule has 1 saturated heterocycles. The Kier molecular flexibility index (Phi) is 1.76. The number of nitrogens with zero attached hydrogens (tertiary/aromatic N) is 1. The summed E-state index contributed by atoms with van der Waals surface area (Å²) >= 11 is 0. The molecule has 0 N–H and O–H groups in total. The van der Waals surface area contributed by atoms with Crippen LogP contribution in [0.3, 0.4) is 0 Å². The van der Waals surface area contributed by atoms with Gasteiger partial charge in [0.2, 0.25) is 0 Å². The molecule has 1 heteroatoms. The molecule has 0 saturated carbocycles. The van der Waals surface area contributed by atoms with E-state index in [2.05, 4.69) is 41.3 Å². The number of hydrogen-bond donors (Lipinski definition) is 0. The second-order valence-electron chi connectivity index (χ2n) is 4.00. The van der Waals surface area contributed by atoms with E-state index in [9.17, 15) is 0 Å². The summed E-state index contributed by atoms with van der Waals surface area (Å²) in [6.45, 7) is 2.45. The lowest BCUT2D eigenvalue weighted by atomic mass is 10.1. The first-order chi connectivity index (χ1) is 6.95. The van der Waals surface area contributed by atoms with Gasteiger partial charge in [0.25, 0.3) is 0 Å². The first kappa shape index (κ1) is 7.98. The van der Waals surface area contributed by atoms with Gasteiger partial charge in [-0.05, 0) is 12.8 Å². The van der Waals surface area contributed by atoms with Gasteiger partial charge in [-0.1, -0.05) is 17.8 Å². The number of benzene rings is 1.